The zero-order valence-electron chi connectivity index (χ0n) is 24.8. The minimum atomic E-state index is -0.988. The molecule has 0 aromatic heterocycles. The van der Waals surface area contributed by atoms with E-state index in [1.165, 1.54) is 0 Å². The summed E-state index contributed by atoms with van der Waals surface area (Å²) in [5, 5.41) is 11.4. The Bertz CT molecular complexity index is 1160. The molecular weight excluding hydrogens is 548 g/mol. The average molecular weight is 595 g/mol. The van der Waals surface area contributed by atoms with Crippen LogP contribution in [0.5, 0.6) is 0 Å². The molecule has 0 aliphatic rings. The van der Waals surface area contributed by atoms with Crippen molar-refractivity contribution in [3.63, 3.8) is 0 Å². The highest BCUT2D eigenvalue weighted by molar-refractivity contribution is 5.93. The summed E-state index contributed by atoms with van der Waals surface area (Å²) in [4.78, 5) is 55.9. The van der Waals surface area contributed by atoms with E-state index < -0.39 is 36.0 Å². The summed E-state index contributed by atoms with van der Waals surface area (Å²) in [5.74, 6) is -1.47. The van der Waals surface area contributed by atoms with Gasteiger partial charge in [0.05, 0.1) is 12.1 Å². The summed E-state index contributed by atoms with van der Waals surface area (Å²) in [6, 6.07) is 15.6. The predicted molar refractivity (Wildman–Crippen MR) is 168 cm³/mol. The Balaban J connectivity index is 2.23. The Morgan fingerprint density at radius 1 is 0.744 bits per heavy atom. The van der Waals surface area contributed by atoms with E-state index in [4.69, 9.17) is 17.2 Å². The molecule has 0 spiro atoms. The molecule has 12 heteroatoms. The third-order valence-corrected chi connectivity index (χ3v) is 6.90. The first-order chi connectivity index (χ1) is 20.8. The van der Waals surface area contributed by atoms with Gasteiger partial charge in [-0.25, -0.2) is 0 Å². The number of aliphatic imine (C=N–C) groups is 1. The maximum absolute atomic E-state index is 13.7. The van der Waals surface area contributed by atoms with Crippen molar-refractivity contribution in [3.05, 3.63) is 71.8 Å². The molecule has 43 heavy (non-hydrogen) atoms. The van der Waals surface area contributed by atoms with E-state index in [1.807, 2.05) is 60.7 Å². The number of hydrogen-bond donors (Lipinski definition) is 7. The molecule has 0 aliphatic carbocycles. The number of aldehydes is 1. The minimum absolute atomic E-state index is 0.0776. The fourth-order valence-corrected chi connectivity index (χ4v) is 4.52. The van der Waals surface area contributed by atoms with E-state index >= 15 is 0 Å². The van der Waals surface area contributed by atoms with Crippen molar-refractivity contribution in [1.82, 2.24) is 21.3 Å². The molecule has 0 bridgehead atoms. The minimum Gasteiger partial charge on any atom is -0.370 e. The molecule has 0 aliphatic heterocycles. The summed E-state index contributed by atoms with van der Waals surface area (Å²) >= 11 is 0. The molecule has 2 rings (SSSR count). The van der Waals surface area contributed by atoms with E-state index in [1.54, 1.807) is 7.05 Å². The third kappa shape index (κ3) is 13.5. The number of carbonyl (C=O) groups is 4. The molecule has 0 fully saturated rings. The smallest absolute Gasteiger partial charge is 0.243 e. The van der Waals surface area contributed by atoms with Gasteiger partial charge in [-0.3, -0.25) is 19.4 Å². The molecule has 4 atom stereocenters. The number of hydrogen-bond acceptors (Lipinski definition) is 7. The van der Waals surface area contributed by atoms with Crippen LogP contribution in [0.4, 0.5) is 0 Å². The second-order valence-electron chi connectivity index (χ2n) is 10.3. The maximum Gasteiger partial charge on any atom is 0.243 e. The van der Waals surface area contributed by atoms with Crippen molar-refractivity contribution in [2.24, 2.45) is 22.2 Å². The van der Waals surface area contributed by atoms with Crippen molar-refractivity contribution >= 4 is 30.0 Å². The number of guanidine groups is 1. The van der Waals surface area contributed by atoms with Crippen LogP contribution in [0.2, 0.25) is 0 Å². The van der Waals surface area contributed by atoms with Gasteiger partial charge >= 0.3 is 0 Å². The van der Waals surface area contributed by atoms with Gasteiger partial charge in [-0.05, 0) is 63.2 Å². The van der Waals surface area contributed by atoms with Crippen molar-refractivity contribution < 1.29 is 19.2 Å². The molecule has 3 amide bonds. The molecule has 0 heterocycles. The van der Waals surface area contributed by atoms with E-state index in [2.05, 4.69) is 26.3 Å². The van der Waals surface area contributed by atoms with Crippen LogP contribution in [0.15, 0.2) is 65.7 Å². The first-order valence-electron chi connectivity index (χ1n) is 14.6. The van der Waals surface area contributed by atoms with Gasteiger partial charge in [-0.15, -0.1) is 0 Å². The van der Waals surface area contributed by atoms with Gasteiger partial charge in [0, 0.05) is 13.0 Å². The molecule has 4 unspecified atom stereocenters. The molecule has 234 valence electrons. The zero-order chi connectivity index (χ0) is 31.5. The second-order valence-corrected chi connectivity index (χ2v) is 10.3. The van der Waals surface area contributed by atoms with Gasteiger partial charge in [0.1, 0.15) is 18.4 Å². The lowest BCUT2D eigenvalue weighted by atomic mass is 10.0. The van der Waals surface area contributed by atoms with Gasteiger partial charge in [0.25, 0.3) is 0 Å². The predicted octanol–water partition coefficient (Wildman–Crippen LogP) is -0.104. The van der Waals surface area contributed by atoms with Crippen LogP contribution in [0, 0.1) is 0 Å². The number of nitrogens with zero attached hydrogens (tertiary/aromatic N) is 1. The SMILES string of the molecule is CNC(Cc1ccccc1)C(=O)NC(Cc1ccccc1)C(=O)NC(CCCN=C(N)N)C(=O)NC(C=O)CCCCN. The fraction of sp³-hybridized carbons (Fsp3) is 0.452. The number of rotatable bonds is 20. The number of amides is 3. The summed E-state index contributed by atoms with van der Waals surface area (Å²) in [6.07, 6.45) is 3.73. The van der Waals surface area contributed by atoms with Crippen LogP contribution in [0.1, 0.15) is 43.2 Å². The van der Waals surface area contributed by atoms with Crippen LogP contribution in [-0.4, -0.2) is 74.3 Å². The number of likely N-dealkylation sites (N-methyl/N-ethyl adjacent to an activating group) is 1. The molecule has 0 radical (unpaired) electrons. The monoisotopic (exact) mass is 594 g/mol. The molecule has 12 nitrogen and oxygen atoms in total. The Labute approximate surface area is 253 Å². The lowest BCUT2D eigenvalue weighted by Crippen LogP contribution is -2.57. The van der Waals surface area contributed by atoms with Gasteiger partial charge in [-0.1, -0.05) is 60.7 Å². The van der Waals surface area contributed by atoms with E-state index in [0.717, 1.165) is 17.5 Å². The molecular formula is C31H46N8O4. The average Bonchev–Trinajstić information content (AvgIpc) is 3.01. The van der Waals surface area contributed by atoms with Gasteiger partial charge in [0.15, 0.2) is 5.96 Å². The zero-order valence-corrected chi connectivity index (χ0v) is 24.8. The third-order valence-electron chi connectivity index (χ3n) is 6.90. The van der Waals surface area contributed by atoms with Crippen LogP contribution in [0.3, 0.4) is 0 Å². The molecule has 0 saturated carbocycles. The Morgan fingerprint density at radius 3 is 1.81 bits per heavy atom. The lowest BCUT2D eigenvalue weighted by Gasteiger charge is -2.26. The van der Waals surface area contributed by atoms with Crippen molar-refractivity contribution in [2.45, 2.75) is 69.1 Å². The van der Waals surface area contributed by atoms with E-state index in [9.17, 15) is 19.2 Å². The highest BCUT2D eigenvalue weighted by atomic mass is 16.2. The Hall–Kier alpha value is -4.29. The summed E-state index contributed by atoms with van der Waals surface area (Å²) in [5.41, 5.74) is 18.2. The Kier molecular flexibility index (Phi) is 16.0. The molecule has 2 aromatic carbocycles. The van der Waals surface area contributed by atoms with Gasteiger partial charge < -0.3 is 43.3 Å². The lowest BCUT2D eigenvalue weighted by molar-refractivity contribution is -0.133. The normalized spacial score (nSPS) is 13.5. The number of unbranched alkanes of at least 4 members (excludes halogenated alkanes) is 1. The number of nitrogens with one attached hydrogen (secondary N) is 4. The molecule has 2 aromatic rings. The topological polar surface area (TPSA) is 207 Å². The Morgan fingerprint density at radius 2 is 1.28 bits per heavy atom. The van der Waals surface area contributed by atoms with Crippen molar-refractivity contribution in [3.8, 4) is 0 Å². The first-order valence-corrected chi connectivity index (χ1v) is 14.6. The maximum atomic E-state index is 13.7. The number of benzene rings is 2. The van der Waals surface area contributed by atoms with Crippen molar-refractivity contribution in [1.29, 1.82) is 0 Å². The first kappa shape index (κ1) is 34.9. The summed E-state index contributed by atoms with van der Waals surface area (Å²) < 4.78 is 0. The quantitative estimate of drug-likeness (QED) is 0.0475. The highest BCUT2D eigenvalue weighted by Gasteiger charge is 2.29. The van der Waals surface area contributed by atoms with Gasteiger partial charge in [0.2, 0.25) is 17.7 Å². The fourth-order valence-electron chi connectivity index (χ4n) is 4.52. The van der Waals surface area contributed by atoms with Crippen molar-refractivity contribution in [2.75, 3.05) is 20.1 Å². The van der Waals surface area contributed by atoms with Crippen LogP contribution in [0.25, 0.3) is 0 Å². The van der Waals surface area contributed by atoms with Crippen LogP contribution >= 0.6 is 0 Å². The summed E-state index contributed by atoms with van der Waals surface area (Å²) in [7, 11) is 1.69. The van der Waals surface area contributed by atoms with Crippen LogP contribution in [-0.2, 0) is 32.0 Å². The number of nitrogens with two attached hydrogens (primary N) is 3. The largest absolute Gasteiger partial charge is 0.370 e. The molecule has 10 N–H and O–H groups in total. The second kappa shape index (κ2) is 19.8. The standard InChI is InChI=1S/C31H46N8O4/c1-35-26(19-22-11-4-2-5-12-22)29(42)39-27(20-23-13-6-3-7-14-23)30(43)38-25(16-10-18-36-31(33)34)28(41)37-24(21-40)15-8-9-17-32/h2-7,11-14,21,24-27,35H,8-10,15-20,32H2,1H3,(H,37,41)(H,38,43)(H,39,42)(H4,33,34,36). The summed E-state index contributed by atoms with van der Waals surface area (Å²) in [6.45, 7) is 0.736. The van der Waals surface area contributed by atoms with E-state index in [-0.39, 0.29) is 31.3 Å². The van der Waals surface area contributed by atoms with Gasteiger partial charge in [-0.2, -0.15) is 0 Å². The van der Waals surface area contributed by atoms with E-state index in [0.29, 0.717) is 38.5 Å². The highest BCUT2D eigenvalue weighted by Crippen LogP contribution is 2.09. The number of carbonyl (C=O) groups excluding carboxylic acids is 4. The molecule has 0 saturated heterocycles. The van der Waals surface area contributed by atoms with Crippen LogP contribution < -0.4 is 38.5 Å².